The summed E-state index contributed by atoms with van der Waals surface area (Å²) < 4.78 is 0. The maximum Gasteiger partial charge on any atom is 0.337 e. The summed E-state index contributed by atoms with van der Waals surface area (Å²) in [6, 6.07) is 8.74. The van der Waals surface area contributed by atoms with E-state index in [2.05, 4.69) is 4.98 Å². The number of aromatic carboxylic acids is 1. The standard InChI is InChI=1S/C10H7NO2.Ir/c12-10(13)8-5-1-3-7-4-2-6-11-9(7)8;/h1-6H,(H,12,13);. The zero-order valence-corrected chi connectivity index (χ0v) is 9.50. The van der Waals surface area contributed by atoms with Crippen LogP contribution in [-0.4, -0.2) is 16.1 Å². The van der Waals surface area contributed by atoms with Gasteiger partial charge in [-0.2, -0.15) is 0 Å². The van der Waals surface area contributed by atoms with E-state index in [0.717, 1.165) is 5.39 Å². The second-order valence-corrected chi connectivity index (χ2v) is 2.69. The van der Waals surface area contributed by atoms with Crippen LogP contribution >= 0.6 is 0 Å². The first-order valence-electron chi connectivity index (χ1n) is 3.86. The molecule has 0 fully saturated rings. The molecule has 1 N–H and O–H groups in total. The summed E-state index contributed by atoms with van der Waals surface area (Å²) in [5.74, 6) is -0.940. The summed E-state index contributed by atoms with van der Waals surface area (Å²) in [7, 11) is 0. The van der Waals surface area contributed by atoms with E-state index in [4.69, 9.17) is 5.11 Å². The molecule has 73 valence electrons. The summed E-state index contributed by atoms with van der Waals surface area (Å²) >= 11 is 0. The van der Waals surface area contributed by atoms with Crippen molar-refractivity contribution in [2.24, 2.45) is 0 Å². The normalized spacial score (nSPS) is 9.43. The Kier molecular flexibility index (Phi) is 3.33. The molecule has 0 bridgehead atoms. The van der Waals surface area contributed by atoms with Crippen LogP contribution in [0.3, 0.4) is 0 Å². The van der Waals surface area contributed by atoms with Gasteiger partial charge in [-0.05, 0) is 12.1 Å². The van der Waals surface area contributed by atoms with Crippen LogP contribution in [0.5, 0.6) is 0 Å². The van der Waals surface area contributed by atoms with Gasteiger partial charge in [-0.15, -0.1) is 0 Å². The predicted octanol–water partition coefficient (Wildman–Crippen LogP) is 1.93. The number of carboxylic acid groups (broad SMARTS) is 1. The second-order valence-electron chi connectivity index (χ2n) is 2.69. The third kappa shape index (κ3) is 1.81. The van der Waals surface area contributed by atoms with Gasteiger partial charge in [0, 0.05) is 31.7 Å². The molecule has 1 aromatic heterocycles. The Bertz CT molecular complexity index is 465. The Labute approximate surface area is 94.1 Å². The molecule has 0 atom stereocenters. The van der Waals surface area contributed by atoms with E-state index in [1.807, 2.05) is 12.1 Å². The Balaban J connectivity index is 0.000000980. The summed E-state index contributed by atoms with van der Waals surface area (Å²) in [6.07, 6.45) is 1.59. The molecule has 1 radical (unpaired) electrons. The Morgan fingerprint density at radius 1 is 1.21 bits per heavy atom. The number of carbonyl (C=O) groups is 1. The van der Waals surface area contributed by atoms with Gasteiger partial charge in [-0.25, -0.2) is 4.79 Å². The molecule has 0 amide bonds. The van der Waals surface area contributed by atoms with Gasteiger partial charge in [-0.1, -0.05) is 18.2 Å². The SMILES string of the molecule is O=C(O)c1cccc2cccnc12.[Ir]. The molecule has 0 aliphatic carbocycles. The van der Waals surface area contributed by atoms with Crippen LogP contribution in [0.1, 0.15) is 10.4 Å². The van der Waals surface area contributed by atoms with Gasteiger partial charge in [0.2, 0.25) is 0 Å². The van der Waals surface area contributed by atoms with Crippen LogP contribution < -0.4 is 0 Å². The van der Waals surface area contributed by atoms with Crippen LogP contribution in [-0.2, 0) is 20.1 Å². The maximum atomic E-state index is 10.8. The van der Waals surface area contributed by atoms with E-state index in [0.29, 0.717) is 5.52 Å². The van der Waals surface area contributed by atoms with Gasteiger partial charge < -0.3 is 5.11 Å². The van der Waals surface area contributed by atoms with E-state index in [1.54, 1.807) is 24.4 Å². The third-order valence-electron chi connectivity index (χ3n) is 1.86. The Morgan fingerprint density at radius 2 is 1.93 bits per heavy atom. The first-order chi connectivity index (χ1) is 6.29. The fourth-order valence-electron chi connectivity index (χ4n) is 1.28. The van der Waals surface area contributed by atoms with Crippen molar-refractivity contribution in [3.05, 3.63) is 42.1 Å². The minimum Gasteiger partial charge on any atom is -0.478 e. The minimum atomic E-state index is -0.940. The van der Waals surface area contributed by atoms with Gasteiger partial charge in [0.25, 0.3) is 0 Å². The number of nitrogens with zero attached hydrogens (tertiary/aromatic N) is 1. The average Bonchev–Trinajstić information content (AvgIpc) is 2.17. The van der Waals surface area contributed by atoms with Gasteiger partial charge in [0.15, 0.2) is 0 Å². The monoisotopic (exact) mass is 366 g/mol. The van der Waals surface area contributed by atoms with Crippen molar-refractivity contribution in [3.63, 3.8) is 0 Å². The minimum absolute atomic E-state index is 0. The van der Waals surface area contributed by atoms with Crippen LogP contribution in [0.2, 0.25) is 0 Å². The molecule has 2 rings (SSSR count). The van der Waals surface area contributed by atoms with Crippen LogP contribution in [0.15, 0.2) is 36.5 Å². The first-order valence-corrected chi connectivity index (χ1v) is 3.86. The molecule has 0 saturated heterocycles. The van der Waals surface area contributed by atoms with Gasteiger partial charge in [-0.3, -0.25) is 4.98 Å². The molecule has 0 unspecified atom stereocenters. The molecule has 14 heavy (non-hydrogen) atoms. The Hall–Kier alpha value is -1.25. The van der Waals surface area contributed by atoms with Crippen molar-refractivity contribution in [3.8, 4) is 0 Å². The number of carboxylic acids is 1. The average molecular weight is 365 g/mol. The molecule has 1 heterocycles. The van der Waals surface area contributed by atoms with Gasteiger partial charge in [0.05, 0.1) is 11.1 Å². The topological polar surface area (TPSA) is 50.2 Å². The molecule has 0 aliphatic heterocycles. The summed E-state index contributed by atoms with van der Waals surface area (Å²) in [5.41, 5.74) is 0.788. The summed E-state index contributed by atoms with van der Waals surface area (Å²) in [4.78, 5) is 14.8. The fraction of sp³-hybridized carbons (Fsp3) is 0. The van der Waals surface area contributed by atoms with Crippen molar-refractivity contribution in [1.82, 2.24) is 4.98 Å². The van der Waals surface area contributed by atoms with Crippen molar-refractivity contribution < 1.29 is 30.0 Å². The smallest absolute Gasteiger partial charge is 0.337 e. The van der Waals surface area contributed by atoms with Gasteiger partial charge >= 0.3 is 5.97 Å². The number of aromatic nitrogens is 1. The number of benzene rings is 1. The Morgan fingerprint density at radius 3 is 2.64 bits per heavy atom. The number of rotatable bonds is 1. The largest absolute Gasteiger partial charge is 0.478 e. The molecular formula is C10H7IrNO2. The quantitative estimate of drug-likeness (QED) is 0.840. The van der Waals surface area contributed by atoms with Crippen molar-refractivity contribution in [2.45, 2.75) is 0 Å². The second kappa shape index (κ2) is 4.31. The van der Waals surface area contributed by atoms with Crippen molar-refractivity contribution >= 4 is 16.9 Å². The molecular weight excluding hydrogens is 358 g/mol. The van der Waals surface area contributed by atoms with E-state index >= 15 is 0 Å². The van der Waals surface area contributed by atoms with E-state index < -0.39 is 5.97 Å². The number of hydrogen-bond acceptors (Lipinski definition) is 2. The predicted molar refractivity (Wildman–Crippen MR) is 48.7 cm³/mol. The molecule has 4 heteroatoms. The van der Waals surface area contributed by atoms with E-state index in [1.165, 1.54) is 0 Å². The molecule has 0 saturated carbocycles. The first kappa shape index (κ1) is 10.8. The number of fused-ring (bicyclic) bond motifs is 1. The zero-order chi connectivity index (χ0) is 9.26. The number of hydrogen-bond donors (Lipinski definition) is 1. The summed E-state index contributed by atoms with van der Waals surface area (Å²) in [5, 5.41) is 9.69. The molecule has 0 aliphatic rings. The molecule has 2 aromatic rings. The third-order valence-corrected chi connectivity index (χ3v) is 1.86. The van der Waals surface area contributed by atoms with E-state index in [-0.39, 0.29) is 25.7 Å². The van der Waals surface area contributed by atoms with Crippen molar-refractivity contribution in [1.29, 1.82) is 0 Å². The number of pyridine rings is 1. The maximum absolute atomic E-state index is 10.8. The van der Waals surface area contributed by atoms with Crippen LogP contribution in [0.4, 0.5) is 0 Å². The fourth-order valence-corrected chi connectivity index (χ4v) is 1.28. The van der Waals surface area contributed by atoms with Crippen LogP contribution in [0, 0.1) is 0 Å². The van der Waals surface area contributed by atoms with Crippen LogP contribution in [0.25, 0.3) is 10.9 Å². The number of para-hydroxylation sites is 1. The van der Waals surface area contributed by atoms with Crippen molar-refractivity contribution in [2.75, 3.05) is 0 Å². The molecule has 3 nitrogen and oxygen atoms in total. The molecule has 0 spiro atoms. The van der Waals surface area contributed by atoms with E-state index in [9.17, 15) is 4.79 Å². The molecule has 1 aromatic carbocycles. The zero-order valence-electron chi connectivity index (χ0n) is 7.10. The summed E-state index contributed by atoms with van der Waals surface area (Å²) in [6.45, 7) is 0. The van der Waals surface area contributed by atoms with Gasteiger partial charge in [0.1, 0.15) is 0 Å².